The first-order chi connectivity index (χ1) is 19.1. The molecular weight excluding hydrogens is 527 g/mol. The second kappa shape index (κ2) is 9.67. The minimum Gasteiger partial charge on any atom is -0.405 e. The van der Waals surface area contributed by atoms with Gasteiger partial charge in [-0.3, -0.25) is 20.0 Å². The van der Waals surface area contributed by atoms with Gasteiger partial charge in [0.1, 0.15) is 5.75 Å². The number of H-pyrrole nitrogens is 1. The normalized spacial score (nSPS) is 14.3. The number of para-hydroxylation sites is 1. The van der Waals surface area contributed by atoms with Crippen molar-refractivity contribution in [1.82, 2.24) is 30.1 Å². The fraction of sp³-hybridized carbons (Fsp3) is 0.222. The van der Waals surface area contributed by atoms with Gasteiger partial charge < -0.3 is 10.1 Å². The number of halogens is 3. The predicted molar refractivity (Wildman–Crippen MR) is 138 cm³/mol. The summed E-state index contributed by atoms with van der Waals surface area (Å²) in [5.41, 5.74) is 2.93. The Bertz CT molecular complexity index is 1760. The molecule has 1 aliphatic carbocycles. The summed E-state index contributed by atoms with van der Waals surface area (Å²) in [4.78, 5) is 29.8. The van der Waals surface area contributed by atoms with Gasteiger partial charge in [0.2, 0.25) is 11.9 Å². The molecule has 3 N–H and O–H groups in total. The van der Waals surface area contributed by atoms with Crippen LogP contribution in [0.15, 0.2) is 60.9 Å². The number of anilines is 1. The van der Waals surface area contributed by atoms with E-state index in [4.69, 9.17) is 0 Å². The third kappa shape index (κ3) is 5.17. The number of hydrogen-bond donors (Lipinski definition) is 3. The van der Waals surface area contributed by atoms with E-state index in [1.165, 1.54) is 22.7 Å². The molecule has 40 heavy (non-hydrogen) atoms. The number of ether oxygens (including phenoxy) is 1. The van der Waals surface area contributed by atoms with Gasteiger partial charge in [-0.25, -0.2) is 4.52 Å². The molecule has 5 aromatic rings. The van der Waals surface area contributed by atoms with E-state index in [0.29, 0.717) is 16.7 Å². The van der Waals surface area contributed by atoms with E-state index in [-0.39, 0.29) is 34.6 Å². The van der Waals surface area contributed by atoms with Gasteiger partial charge in [0.25, 0.3) is 5.91 Å². The van der Waals surface area contributed by atoms with Crippen molar-refractivity contribution in [3.63, 3.8) is 0 Å². The molecule has 13 heteroatoms. The summed E-state index contributed by atoms with van der Waals surface area (Å²) in [6, 6.07) is 11.7. The number of pyridine rings is 1. The van der Waals surface area contributed by atoms with E-state index in [2.05, 4.69) is 35.7 Å². The van der Waals surface area contributed by atoms with Crippen LogP contribution in [0.5, 0.6) is 5.75 Å². The van der Waals surface area contributed by atoms with Crippen LogP contribution in [0, 0.1) is 5.92 Å². The number of carbonyl (C=O) groups is 2. The summed E-state index contributed by atoms with van der Waals surface area (Å²) in [7, 11) is 0. The van der Waals surface area contributed by atoms with Crippen LogP contribution in [0.3, 0.4) is 0 Å². The van der Waals surface area contributed by atoms with E-state index >= 15 is 0 Å². The molecule has 2 amide bonds. The summed E-state index contributed by atoms with van der Waals surface area (Å²) in [6.45, 7) is 1.57. The van der Waals surface area contributed by atoms with Crippen molar-refractivity contribution < 1.29 is 27.5 Å². The highest BCUT2D eigenvalue weighted by atomic mass is 19.4. The fourth-order valence-corrected chi connectivity index (χ4v) is 4.49. The quantitative estimate of drug-likeness (QED) is 0.262. The van der Waals surface area contributed by atoms with Crippen molar-refractivity contribution >= 4 is 34.3 Å². The summed E-state index contributed by atoms with van der Waals surface area (Å²) in [5, 5.41) is 17.5. The fourth-order valence-electron chi connectivity index (χ4n) is 4.49. The Kier molecular flexibility index (Phi) is 6.12. The van der Waals surface area contributed by atoms with Crippen molar-refractivity contribution in [2.75, 3.05) is 5.32 Å². The second-order valence-electron chi connectivity index (χ2n) is 9.55. The maximum absolute atomic E-state index is 13.3. The molecule has 0 radical (unpaired) electrons. The van der Waals surface area contributed by atoms with E-state index in [9.17, 15) is 22.8 Å². The summed E-state index contributed by atoms with van der Waals surface area (Å²) in [6.07, 6.45) is 0.189. The lowest BCUT2D eigenvalue weighted by atomic mass is 9.99. The largest absolute Gasteiger partial charge is 0.573 e. The van der Waals surface area contributed by atoms with Gasteiger partial charge in [-0.1, -0.05) is 18.2 Å². The number of aromatic nitrogens is 5. The highest BCUT2D eigenvalue weighted by Crippen LogP contribution is 2.33. The highest BCUT2D eigenvalue weighted by molar-refractivity contribution is 6.03. The Hall–Kier alpha value is -4.94. The molecule has 0 aliphatic heterocycles. The van der Waals surface area contributed by atoms with Crippen molar-refractivity contribution in [2.45, 2.75) is 32.2 Å². The van der Waals surface area contributed by atoms with Crippen LogP contribution in [-0.2, 0) is 4.79 Å². The number of aromatic amines is 1. The Labute approximate surface area is 224 Å². The number of rotatable bonds is 7. The summed E-state index contributed by atoms with van der Waals surface area (Å²) >= 11 is 0. The molecule has 0 bridgehead atoms. The van der Waals surface area contributed by atoms with E-state index < -0.39 is 18.3 Å². The van der Waals surface area contributed by atoms with Crippen molar-refractivity contribution in [1.29, 1.82) is 0 Å². The lowest BCUT2D eigenvalue weighted by Crippen LogP contribution is -2.28. The number of fused-ring (bicyclic) bond motifs is 2. The predicted octanol–water partition coefficient (Wildman–Crippen LogP) is 5.01. The van der Waals surface area contributed by atoms with E-state index in [1.807, 2.05) is 0 Å². The minimum atomic E-state index is -4.87. The first-order valence-electron chi connectivity index (χ1n) is 12.4. The number of hydrogen-bond acceptors (Lipinski definition) is 6. The molecule has 1 saturated carbocycles. The molecule has 2 aromatic carbocycles. The molecule has 1 atom stereocenters. The molecule has 10 nitrogen and oxygen atoms in total. The number of carbonyl (C=O) groups excluding carboxylic acids is 2. The van der Waals surface area contributed by atoms with Gasteiger partial charge in [-0.05, 0) is 61.2 Å². The number of benzene rings is 2. The van der Waals surface area contributed by atoms with Crippen molar-refractivity contribution in [3.8, 4) is 16.9 Å². The third-order valence-electron chi connectivity index (χ3n) is 6.61. The van der Waals surface area contributed by atoms with Crippen molar-refractivity contribution in [2.24, 2.45) is 5.92 Å². The molecule has 3 aromatic heterocycles. The lowest BCUT2D eigenvalue weighted by Gasteiger charge is -2.19. The third-order valence-corrected chi connectivity index (χ3v) is 6.61. The number of nitrogens with zero attached hydrogens (tertiary/aromatic N) is 4. The van der Waals surface area contributed by atoms with Crippen LogP contribution in [0.4, 0.5) is 19.1 Å². The summed E-state index contributed by atoms with van der Waals surface area (Å²) in [5.74, 6) is -0.766. The minimum absolute atomic E-state index is 0.0128. The Balaban J connectivity index is 1.29. The molecule has 6 rings (SSSR count). The highest BCUT2D eigenvalue weighted by Gasteiger charge is 2.33. The van der Waals surface area contributed by atoms with E-state index in [1.54, 1.807) is 49.6 Å². The number of amides is 2. The Morgan fingerprint density at radius 2 is 1.95 bits per heavy atom. The van der Waals surface area contributed by atoms with Gasteiger partial charge in [0.05, 0.1) is 17.8 Å². The van der Waals surface area contributed by atoms with Crippen LogP contribution < -0.4 is 15.4 Å². The Morgan fingerprint density at radius 1 is 1.15 bits per heavy atom. The molecule has 0 spiro atoms. The smallest absolute Gasteiger partial charge is 0.405 e. The second-order valence-corrected chi connectivity index (χ2v) is 9.55. The first-order valence-corrected chi connectivity index (χ1v) is 12.4. The average molecular weight is 550 g/mol. The van der Waals surface area contributed by atoms with Crippen LogP contribution in [-0.4, -0.2) is 43.0 Å². The monoisotopic (exact) mass is 549 g/mol. The van der Waals surface area contributed by atoms with Crippen LogP contribution >= 0.6 is 0 Å². The molecule has 0 saturated heterocycles. The molecule has 3 heterocycles. The van der Waals surface area contributed by atoms with Gasteiger partial charge in [0, 0.05) is 28.6 Å². The van der Waals surface area contributed by atoms with Crippen LogP contribution in [0.25, 0.3) is 27.7 Å². The molecule has 1 unspecified atom stereocenters. The average Bonchev–Trinajstić information content (AvgIpc) is 3.52. The zero-order valence-electron chi connectivity index (χ0n) is 21.0. The van der Waals surface area contributed by atoms with Crippen molar-refractivity contribution in [3.05, 3.63) is 72.1 Å². The SMILES string of the molecule is CC(NC(=O)c1cc(-c2ccn3nc(NC(=O)C4CC4)nc3c2)c2cn[nH]c2c1)c1ccccc1OC(F)(F)F. The number of nitrogens with one attached hydrogen (secondary N) is 3. The van der Waals surface area contributed by atoms with Gasteiger partial charge in [-0.15, -0.1) is 18.3 Å². The number of alkyl halides is 3. The maximum atomic E-state index is 13.3. The lowest BCUT2D eigenvalue weighted by molar-refractivity contribution is -0.275. The zero-order valence-corrected chi connectivity index (χ0v) is 21.0. The van der Waals surface area contributed by atoms with Gasteiger partial charge >= 0.3 is 6.36 Å². The standard InChI is InChI=1S/C27H22F3N7O3/c1-14(18-4-2-3-5-22(18)40-27(28,29)30)32-25(39)17-10-19(20-13-31-35-21(20)11-17)16-8-9-37-23(12-16)33-26(36-37)34-24(38)15-6-7-15/h2-5,8-15H,6-7H2,1H3,(H,31,35)(H,32,39)(H,34,36,38). The zero-order chi connectivity index (χ0) is 28.0. The molecular formula is C27H22F3N7O3. The topological polar surface area (TPSA) is 126 Å². The molecule has 1 fully saturated rings. The molecule has 1 aliphatic rings. The summed E-state index contributed by atoms with van der Waals surface area (Å²) < 4.78 is 44.3. The van der Waals surface area contributed by atoms with E-state index in [0.717, 1.165) is 23.8 Å². The maximum Gasteiger partial charge on any atom is 0.573 e. The van der Waals surface area contributed by atoms with Gasteiger partial charge in [0.15, 0.2) is 5.65 Å². The first kappa shape index (κ1) is 25.3. The van der Waals surface area contributed by atoms with Gasteiger partial charge in [-0.2, -0.15) is 10.1 Å². The Morgan fingerprint density at radius 3 is 2.73 bits per heavy atom. The van der Waals surface area contributed by atoms with Crippen LogP contribution in [0.1, 0.15) is 41.7 Å². The molecule has 204 valence electrons. The van der Waals surface area contributed by atoms with Crippen LogP contribution in [0.2, 0.25) is 0 Å².